The van der Waals surface area contributed by atoms with Gasteiger partial charge in [0.2, 0.25) is 0 Å². The van der Waals surface area contributed by atoms with Crippen LogP contribution in [0.2, 0.25) is 10.0 Å². The van der Waals surface area contributed by atoms with Crippen molar-refractivity contribution in [3.8, 4) is 17.2 Å². The number of carbonyl (C=O) groups is 2. The summed E-state index contributed by atoms with van der Waals surface area (Å²) in [6.45, 7) is 0.00475. The number of furan rings is 1. The highest BCUT2D eigenvalue weighted by molar-refractivity contribution is 9.10. The van der Waals surface area contributed by atoms with Crippen molar-refractivity contribution in [2.75, 3.05) is 19.0 Å². The highest BCUT2D eigenvalue weighted by Gasteiger charge is 2.34. The van der Waals surface area contributed by atoms with Crippen molar-refractivity contribution in [1.29, 1.82) is 0 Å². The van der Waals surface area contributed by atoms with Crippen LogP contribution in [0.15, 0.2) is 121 Å². The number of benzene rings is 4. The van der Waals surface area contributed by atoms with E-state index in [-0.39, 0.29) is 25.7 Å². The van der Waals surface area contributed by atoms with Crippen LogP contribution in [0.25, 0.3) is 6.08 Å². The summed E-state index contributed by atoms with van der Waals surface area (Å²) in [7, 11) is 1.53. The molecule has 1 aliphatic rings. The van der Waals surface area contributed by atoms with Crippen LogP contribution in [-0.2, 0) is 22.7 Å². The van der Waals surface area contributed by atoms with Gasteiger partial charge >= 0.3 is 0 Å². The molecule has 0 radical (unpaired) electrons. The van der Waals surface area contributed by atoms with E-state index in [1.807, 2.05) is 0 Å². The van der Waals surface area contributed by atoms with Gasteiger partial charge in [0, 0.05) is 31.3 Å². The van der Waals surface area contributed by atoms with Crippen LogP contribution < -0.4 is 19.5 Å². The minimum absolute atomic E-state index is 0.118. The van der Waals surface area contributed by atoms with Crippen molar-refractivity contribution in [1.82, 2.24) is 4.90 Å². The van der Waals surface area contributed by atoms with Crippen LogP contribution in [0, 0.1) is 5.82 Å². The number of halogens is 4. The Morgan fingerprint density at radius 3 is 2.57 bits per heavy atom. The molecule has 0 atom stereocenters. The van der Waals surface area contributed by atoms with Crippen LogP contribution in [0.4, 0.5) is 10.1 Å². The van der Waals surface area contributed by atoms with Gasteiger partial charge in [-0.2, -0.15) is 5.10 Å². The molecule has 5 aromatic rings. The number of hydrogen-bond acceptors (Lipinski definition) is 9. The number of hydrogen-bond donors (Lipinski definition) is 1. The van der Waals surface area contributed by atoms with Crippen LogP contribution in [0.3, 0.4) is 0 Å². The van der Waals surface area contributed by atoms with Gasteiger partial charge in [0.15, 0.2) is 23.3 Å². The van der Waals surface area contributed by atoms with E-state index in [0.717, 1.165) is 21.8 Å². The fourth-order valence-corrected chi connectivity index (χ4v) is 6.65. The van der Waals surface area contributed by atoms with Crippen molar-refractivity contribution < 1.29 is 32.6 Å². The summed E-state index contributed by atoms with van der Waals surface area (Å²) in [5.74, 6) is 0.708. The lowest BCUT2D eigenvalue weighted by atomic mass is 10.2. The van der Waals surface area contributed by atoms with Gasteiger partial charge in [-0.3, -0.25) is 14.5 Å². The quantitative estimate of drug-likeness (QED) is 0.0714. The second kappa shape index (κ2) is 17.6. The molecule has 2 amide bonds. The summed E-state index contributed by atoms with van der Waals surface area (Å²) < 4.78 is 36.8. The van der Waals surface area contributed by atoms with Crippen LogP contribution in [-0.4, -0.2) is 41.8 Å². The Labute approximate surface area is 326 Å². The van der Waals surface area contributed by atoms with Crippen LogP contribution >= 0.6 is 50.9 Å². The molecule has 10 nitrogen and oxygen atoms in total. The van der Waals surface area contributed by atoms with E-state index in [9.17, 15) is 14.0 Å². The third-order valence-corrected chi connectivity index (χ3v) is 9.54. The van der Waals surface area contributed by atoms with Gasteiger partial charge < -0.3 is 23.9 Å². The number of nitrogens with zero attached hydrogens (tertiary/aromatic N) is 3. The maximum atomic E-state index is 13.8. The summed E-state index contributed by atoms with van der Waals surface area (Å²) in [5.41, 5.74) is 2.41. The molecule has 0 saturated carbocycles. The van der Waals surface area contributed by atoms with Gasteiger partial charge in [0.1, 0.15) is 23.9 Å². The predicted octanol–water partition coefficient (Wildman–Crippen LogP) is 9.60. The first kappa shape index (κ1) is 37.7. The average Bonchev–Trinajstić information content (AvgIpc) is 3.76. The lowest BCUT2D eigenvalue weighted by molar-refractivity contribution is -0.122. The maximum absolute atomic E-state index is 13.8. The average molecular weight is 839 g/mol. The summed E-state index contributed by atoms with van der Waals surface area (Å²) in [6.07, 6.45) is 4.72. The smallest absolute Gasteiger partial charge is 0.267 e. The first-order chi connectivity index (χ1) is 25.6. The van der Waals surface area contributed by atoms with E-state index in [4.69, 9.17) is 41.8 Å². The molecule has 1 fully saturated rings. The van der Waals surface area contributed by atoms with E-state index in [1.165, 1.54) is 48.8 Å². The zero-order chi connectivity index (χ0) is 37.3. The Hall–Kier alpha value is -5.08. The number of nitrogens with one attached hydrogen (secondary N) is 1. The van der Waals surface area contributed by atoms with Crippen molar-refractivity contribution in [2.45, 2.75) is 13.2 Å². The minimum atomic E-state index is -0.441. The number of carbonyl (C=O) groups excluding carboxylic acids is 2. The van der Waals surface area contributed by atoms with Gasteiger partial charge in [0.25, 0.3) is 11.8 Å². The van der Waals surface area contributed by atoms with Crippen molar-refractivity contribution >= 4 is 85.9 Å². The molecule has 0 spiro atoms. The molecular weight excluding hydrogens is 810 g/mol. The number of amides is 2. The van der Waals surface area contributed by atoms with Gasteiger partial charge in [-0.15, -0.1) is 5.10 Å². The zero-order valence-corrected chi connectivity index (χ0v) is 31.6. The number of rotatable bonds is 13. The maximum Gasteiger partial charge on any atom is 0.267 e. The van der Waals surface area contributed by atoms with E-state index in [2.05, 4.69) is 31.4 Å². The van der Waals surface area contributed by atoms with Crippen molar-refractivity contribution in [2.24, 2.45) is 10.2 Å². The van der Waals surface area contributed by atoms with Crippen molar-refractivity contribution in [3.05, 3.63) is 145 Å². The number of methoxy groups -OCH3 is 1. The highest BCUT2D eigenvalue weighted by atomic mass is 79.9. The molecule has 1 aliphatic heterocycles. The Balaban J connectivity index is 1.19. The second-order valence-electron chi connectivity index (χ2n) is 11.2. The molecule has 4 aromatic carbocycles. The van der Waals surface area contributed by atoms with E-state index >= 15 is 0 Å². The normalized spacial score (nSPS) is 14.4. The van der Waals surface area contributed by atoms with E-state index < -0.39 is 11.7 Å². The van der Waals surface area contributed by atoms with Gasteiger partial charge in [-0.25, -0.2) is 4.39 Å². The standard InChI is InChI=1S/C38H28BrCl2FN4O6S/c1-49-34-15-23(4-12-33(34)51-21-24-5-7-27(40)18-31(24)41)19-43-45-38-46(20-30-3-2-14-50-30)37(48)35(53-38)17-25-16-26(39)6-13-32(25)52-22-36(47)44-29-10-8-28(42)9-11-29/h2-19H,20-22H2,1H3,(H,44,47)/b35-17-,43-19-,45-38+. The molecule has 15 heteroatoms. The summed E-state index contributed by atoms with van der Waals surface area (Å²) in [4.78, 5) is 28.1. The van der Waals surface area contributed by atoms with Crippen LogP contribution in [0.1, 0.15) is 22.5 Å². The Morgan fingerprint density at radius 1 is 1.00 bits per heavy atom. The largest absolute Gasteiger partial charge is 0.493 e. The van der Waals surface area contributed by atoms with Gasteiger partial charge in [0.05, 0.1) is 31.0 Å². The molecule has 0 unspecified atom stereocenters. The van der Waals surface area contributed by atoms with E-state index in [0.29, 0.717) is 59.9 Å². The second-order valence-corrected chi connectivity index (χ2v) is 13.9. The first-order valence-corrected chi connectivity index (χ1v) is 18.1. The molecule has 0 aliphatic carbocycles. The topological polar surface area (TPSA) is 115 Å². The number of ether oxygens (including phenoxy) is 3. The first-order valence-electron chi connectivity index (χ1n) is 15.7. The SMILES string of the molecule is COc1cc(/C=N\N=C2\S/C(=C\c3cc(Br)ccc3OCC(=O)Nc3ccc(F)cc3)C(=O)N2Cc2ccco2)ccc1OCc1ccc(Cl)cc1Cl. The third-order valence-electron chi connectivity index (χ3n) is 7.46. The molecule has 2 heterocycles. The Bertz CT molecular complexity index is 2220. The molecule has 6 rings (SSSR count). The zero-order valence-electron chi connectivity index (χ0n) is 27.7. The fraction of sp³-hybridized carbons (Fsp3) is 0.105. The van der Waals surface area contributed by atoms with Crippen LogP contribution in [0.5, 0.6) is 17.2 Å². The van der Waals surface area contributed by atoms with Gasteiger partial charge in [-0.05, 0) is 108 Å². The molecule has 53 heavy (non-hydrogen) atoms. The lowest BCUT2D eigenvalue weighted by Crippen LogP contribution is -2.28. The summed E-state index contributed by atoms with van der Waals surface area (Å²) in [5, 5.41) is 12.7. The molecule has 1 saturated heterocycles. The highest BCUT2D eigenvalue weighted by Crippen LogP contribution is 2.36. The molecule has 0 bridgehead atoms. The summed E-state index contributed by atoms with van der Waals surface area (Å²) >= 11 is 16.9. The Morgan fingerprint density at radius 2 is 1.81 bits per heavy atom. The van der Waals surface area contributed by atoms with E-state index in [1.54, 1.807) is 72.8 Å². The van der Waals surface area contributed by atoms with Crippen molar-refractivity contribution in [3.63, 3.8) is 0 Å². The number of amidine groups is 1. The fourth-order valence-electron chi connectivity index (χ4n) is 4.88. The predicted molar refractivity (Wildman–Crippen MR) is 208 cm³/mol. The summed E-state index contributed by atoms with van der Waals surface area (Å²) in [6, 6.07) is 24.6. The lowest BCUT2D eigenvalue weighted by Gasteiger charge is -2.13. The third kappa shape index (κ3) is 10.1. The number of thioether (sulfide) groups is 1. The molecule has 1 aromatic heterocycles. The monoisotopic (exact) mass is 836 g/mol. The Kier molecular flexibility index (Phi) is 12.5. The molecule has 1 N–H and O–H groups in total. The van der Waals surface area contributed by atoms with Gasteiger partial charge in [-0.1, -0.05) is 45.2 Å². The number of anilines is 1. The molecule has 270 valence electrons. The molecular formula is C38H28BrCl2FN4O6S. The minimum Gasteiger partial charge on any atom is -0.493 e.